The van der Waals surface area contributed by atoms with E-state index in [1.54, 1.807) is 18.6 Å². The maximum atomic E-state index is 13.1. The van der Waals surface area contributed by atoms with E-state index in [-0.39, 0.29) is 6.04 Å². The Labute approximate surface area is 177 Å². The molecule has 5 rings (SSSR count). The van der Waals surface area contributed by atoms with Gasteiger partial charge >= 0.3 is 6.18 Å². The third-order valence-corrected chi connectivity index (χ3v) is 6.07. The number of pyridine rings is 1. The Bertz CT molecular complexity index is 1180. The van der Waals surface area contributed by atoms with Crippen LogP contribution in [0.3, 0.4) is 0 Å². The summed E-state index contributed by atoms with van der Waals surface area (Å²) in [7, 11) is 0. The Morgan fingerprint density at radius 1 is 1.03 bits per heavy atom. The Hall–Kier alpha value is -3.00. The lowest BCUT2D eigenvalue weighted by Crippen LogP contribution is -2.36. The van der Waals surface area contributed by atoms with E-state index >= 15 is 0 Å². The second kappa shape index (κ2) is 7.60. The van der Waals surface area contributed by atoms with Crippen molar-refractivity contribution in [1.29, 1.82) is 0 Å². The van der Waals surface area contributed by atoms with Gasteiger partial charge in [-0.2, -0.15) is 13.2 Å². The summed E-state index contributed by atoms with van der Waals surface area (Å²) in [6, 6.07) is 3.75. The van der Waals surface area contributed by atoms with Crippen molar-refractivity contribution in [1.82, 2.24) is 15.0 Å². The van der Waals surface area contributed by atoms with E-state index in [4.69, 9.17) is 0 Å². The molecular weight excluding hydrogens is 405 g/mol. The minimum Gasteiger partial charge on any atom is -0.391 e. The molecule has 2 unspecified atom stereocenters. The van der Waals surface area contributed by atoms with Crippen LogP contribution in [0.25, 0.3) is 16.5 Å². The van der Waals surface area contributed by atoms with Crippen LogP contribution < -0.4 is 5.32 Å². The molecule has 0 bridgehead atoms. The molecule has 5 nitrogen and oxygen atoms in total. The van der Waals surface area contributed by atoms with E-state index in [0.717, 1.165) is 53.8 Å². The third-order valence-electron chi connectivity index (χ3n) is 6.07. The highest BCUT2D eigenvalue weighted by Crippen LogP contribution is 2.38. The number of allylic oxidation sites excluding steroid dienone is 1. The normalized spacial score (nSPS) is 21.1. The van der Waals surface area contributed by atoms with Crippen LogP contribution in [-0.4, -0.2) is 32.2 Å². The van der Waals surface area contributed by atoms with Crippen LogP contribution in [-0.2, 0) is 12.6 Å². The predicted molar refractivity (Wildman–Crippen MR) is 111 cm³/mol. The van der Waals surface area contributed by atoms with Crippen molar-refractivity contribution < 1.29 is 18.3 Å². The van der Waals surface area contributed by atoms with Crippen molar-refractivity contribution in [3.8, 4) is 0 Å². The van der Waals surface area contributed by atoms with Crippen molar-refractivity contribution in [3.05, 3.63) is 65.1 Å². The number of fused-ring (bicyclic) bond motifs is 2. The fraction of sp³-hybridized carbons (Fsp3) is 0.348. The number of benzene rings is 1. The van der Waals surface area contributed by atoms with Crippen molar-refractivity contribution >= 4 is 22.4 Å². The van der Waals surface area contributed by atoms with Gasteiger partial charge in [0.05, 0.1) is 23.2 Å². The molecule has 8 heteroatoms. The molecule has 1 saturated carbocycles. The minimum absolute atomic E-state index is 0.0938. The van der Waals surface area contributed by atoms with Crippen molar-refractivity contribution in [2.75, 3.05) is 5.32 Å². The highest BCUT2D eigenvalue weighted by Gasteiger charge is 2.32. The van der Waals surface area contributed by atoms with E-state index in [1.807, 2.05) is 6.08 Å². The number of aliphatic hydroxyl groups is 1. The SMILES string of the molecule is OC1CCCCC1Nc1ncc2cncc(C3=CCc4cc(C(F)(F)F)ccc43)c2n1. The first kappa shape index (κ1) is 19.9. The van der Waals surface area contributed by atoms with E-state index in [9.17, 15) is 18.3 Å². The van der Waals surface area contributed by atoms with Gasteiger partial charge in [0.1, 0.15) is 0 Å². The molecule has 160 valence electrons. The molecule has 0 radical (unpaired) electrons. The van der Waals surface area contributed by atoms with Crippen LogP contribution in [0.5, 0.6) is 0 Å². The Balaban J connectivity index is 1.51. The number of rotatable bonds is 3. The van der Waals surface area contributed by atoms with Crippen LogP contribution in [0.4, 0.5) is 19.1 Å². The molecule has 2 aromatic heterocycles. The number of alkyl halides is 3. The van der Waals surface area contributed by atoms with Gasteiger partial charge in [0.15, 0.2) is 0 Å². The monoisotopic (exact) mass is 426 g/mol. The Morgan fingerprint density at radius 3 is 2.68 bits per heavy atom. The van der Waals surface area contributed by atoms with Crippen molar-refractivity contribution in [3.63, 3.8) is 0 Å². The van der Waals surface area contributed by atoms with Crippen molar-refractivity contribution in [2.24, 2.45) is 0 Å². The topological polar surface area (TPSA) is 70.9 Å². The summed E-state index contributed by atoms with van der Waals surface area (Å²) in [5.41, 5.74) is 3.01. The molecule has 0 spiro atoms. The lowest BCUT2D eigenvalue weighted by molar-refractivity contribution is -0.137. The molecule has 0 saturated heterocycles. The number of halogens is 3. The van der Waals surface area contributed by atoms with Gasteiger partial charge in [0.25, 0.3) is 0 Å². The lowest BCUT2D eigenvalue weighted by atomic mass is 9.93. The number of hydrogen-bond donors (Lipinski definition) is 2. The molecule has 2 aliphatic rings. The summed E-state index contributed by atoms with van der Waals surface area (Å²) in [4.78, 5) is 13.3. The van der Waals surface area contributed by atoms with Crippen LogP contribution in [0.1, 0.15) is 47.9 Å². The van der Waals surface area contributed by atoms with E-state index in [0.29, 0.717) is 23.4 Å². The van der Waals surface area contributed by atoms with E-state index in [2.05, 4.69) is 20.3 Å². The van der Waals surface area contributed by atoms with Crippen LogP contribution in [0, 0.1) is 0 Å². The molecule has 2 heterocycles. The van der Waals surface area contributed by atoms with Crippen LogP contribution in [0.2, 0.25) is 0 Å². The maximum absolute atomic E-state index is 13.1. The summed E-state index contributed by atoms with van der Waals surface area (Å²) in [5.74, 6) is 0.428. The van der Waals surface area contributed by atoms with Crippen LogP contribution >= 0.6 is 0 Å². The van der Waals surface area contributed by atoms with Gasteiger partial charge in [0.2, 0.25) is 5.95 Å². The average Bonchev–Trinajstić information content (AvgIpc) is 3.17. The number of hydrogen-bond acceptors (Lipinski definition) is 5. The fourth-order valence-corrected chi connectivity index (χ4v) is 4.45. The zero-order chi connectivity index (χ0) is 21.6. The number of nitrogens with one attached hydrogen (secondary N) is 1. The first-order valence-corrected chi connectivity index (χ1v) is 10.4. The molecule has 3 aromatic rings. The zero-order valence-corrected chi connectivity index (χ0v) is 16.7. The van der Waals surface area contributed by atoms with Crippen molar-refractivity contribution in [2.45, 2.75) is 50.4 Å². The van der Waals surface area contributed by atoms with Crippen LogP contribution in [0.15, 0.2) is 42.9 Å². The molecular formula is C23H21F3N4O. The summed E-state index contributed by atoms with van der Waals surface area (Å²) in [6.07, 6.45) is 6.24. The minimum atomic E-state index is -4.36. The summed E-state index contributed by atoms with van der Waals surface area (Å²) >= 11 is 0. The van der Waals surface area contributed by atoms with Gasteiger partial charge in [-0.1, -0.05) is 25.0 Å². The number of aromatic nitrogens is 3. The van der Waals surface area contributed by atoms with Gasteiger partial charge in [0, 0.05) is 29.5 Å². The highest BCUT2D eigenvalue weighted by molar-refractivity contribution is 5.96. The summed E-state index contributed by atoms with van der Waals surface area (Å²) in [6.45, 7) is 0. The number of aliphatic hydroxyl groups excluding tert-OH is 1. The van der Waals surface area contributed by atoms with E-state index < -0.39 is 17.8 Å². The van der Waals surface area contributed by atoms with E-state index in [1.165, 1.54) is 12.1 Å². The number of anilines is 1. The Kier molecular flexibility index (Phi) is 4.89. The smallest absolute Gasteiger partial charge is 0.391 e. The van der Waals surface area contributed by atoms with Gasteiger partial charge < -0.3 is 10.4 Å². The molecule has 1 fully saturated rings. The largest absolute Gasteiger partial charge is 0.416 e. The van der Waals surface area contributed by atoms with Gasteiger partial charge in [-0.25, -0.2) is 9.97 Å². The standard InChI is InChI=1S/C23H21F3N4O/c24-23(25,26)15-6-8-16-13(9-15)5-7-17(16)18-12-27-10-14-11-28-22(30-21(14)18)29-19-3-1-2-4-20(19)31/h6-12,19-20,31H,1-5H2,(H,28,29,30). The summed E-state index contributed by atoms with van der Waals surface area (Å²) in [5, 5.41) is 14.2. The van der Waals surface area contributed by atoms with Gasteiger partial charge in [-0.3, -0.25) is 4.98 Å². The summed E-state index contributed by atoms with van der Waals surface area (Å²) < 4.78 is 39.2. The second-order valence-corrected chi connectivity index (χ2v) is 8.11. The van der Waals surface area contributed by atoms with Gasteiger partial charge in [-0.15, -0.1) is 0 Å². The number of nitrogens with zero attached hydrogens (tertiary/aromatic N) is 3. The molecule has 2 N–H and O–H groups in total. The first-order valence-electron chi connectivity index (χ1n) is 10.4. The highest BCUT2D eigenvalue weighted by atomic mass is 19.4. The second-order valence-electron chi connectivity index (χ2n) is 8.11. The molecule has 31 heavy (non-hydrogen) atoms. The predicted octanol–water partition coefficient (Wildman–Crippen LogP) is 4.75. The third kappa shape index (κ3) is 3.76. The first-order chi connectivity index (χ1) is 14.9. The molecule has 2 atom stereocenters. The fourth-order valence-electron chi connectivity index (χ4n) is 4.45. The zero-order valence-electron chi connectivity index (χ0n) is 16.7. The molecule has 2 aliphatic carbocycles. The molecule has 0 aliphatic heterocycles. The van der Waals surface area contributed by atoms with Gasteiger partial charge in [-0.05, 0) is 48.1 Å². The maximum Gasteiger partial charge on any atom is 0.416 e. The quantitative estimate of drug-likeness (QED) is 0.633. The molecule has 1 aromatic carbocycles. The molecule has 0 amide bonds. The lowest BCUT2D eigenvalue weighted by Gasteiger charge is -2.28. The average molecular weight is 426 g/mol. The Morgan fingerprint density at radius 2 is 1.87 bits per heavy atom.